The molecule has 0 spiro atoms. The minimum Gasteiger partial charge on any atom is -0.481 e. The van der Waals surface area contributed by atoms with E-state index in [0.29, 0.717) is 0 Å². The smallest absolute Gasteiger partial charge is 0.300 e. The summed E-state index contributed by atoms with van der Waals surface area (Å²) in [5.74, 6) is -0.833. The molecule has 0 radical (unpaired) electrons. The second kappa shape index (κ2) is 38.4. The molecule has 0 aromatic rings. The van der Waals surface area contributed by atoms with E-state index in [1.807, 2.05) is 0 Å². The maximum atomic E-state index is 9.00. The predicted octanol–water partition coefficient (Wildman–Crippen LogP) is -3.21. The van der Waals surface area contributed by atoms with E-state index in [4.69, 9.17) is 9.90 Å². The molecule has 0 heterocycles. The van der Waals surface area contributed by atoms with Crippen LogP contribution in [0.15, 0.2) is 0 Å². The van der Waals surface area contributed by atoms with Crippen LogP contribution in [0.5, 0.6) is 0 Å². The van der Waals surface area contributed by atoms with Crippen molar-refractivity contribution in [3.63, 3.8) is 0 Å². The Kier molecular flexibility index (Phi) is 235. The van der Waals surface area contributed by atoms with Gasteiger partial charge in [0.2, 0.25) is 0 Å². The van der Waals surface area contributed by atoms with Crippen molar-refractivity contribution in [2.45, 2.75) is 6.92 Å². The molecule has 0 fully saturated rings. The first-order chi connectivity index (χ1) is 1.73. The molecular formula is C2H12DyO6. The first-order valence-electron chi connectivity index (χ1n) is 0.928. The van der Waals surface area contributed by atoms with Crippen LogP contribution in [0, 0.1) is 38.2 Å². The standard InChI is InChI=1S/C2H4O2.Dy.4H2O/c1-2(3)4;;;;;/h1H3,(H,3,4);;4*1H2. The van der Waals surface area contributed by atoms with Crippen molar-refractivity contribution in [3.05, 3.63) is 0 Å². The maximum absolute atomic E-state index is 9.00. The van der Waals surface area contributed by atoms with Gasteiger partial charge < -0.3 is 27.0 Å². The van der Waals surface area contributed by atoms with Crippen LogP contribution in [-0.2, 0) is 4.79 Å². The summed E-state index contributed by atoms with van der Waals surface area (Å²) in [6.45, 7) is 1.08. The zero-order valence-electron chi connectivity index (χ0n) is 4.67. The number of hydrogen-bond acceptors (Lipinski definition) is 1. The number of rotatable bonds is 0. The average Bonchev–Trinajstić information content (AvgIpc) is 0.811. The summed E-state index contributed by atoms with van der Waals surface area (Å²) in [5.41, 5.74) is 0. The third kappa shape index (κ3) is 1100. The Morgan fingerprint density at radius 2 is 1.11 bits per heavy atom. The molecule has 9 heavy (non-hydrogen) atoms. The Morgan fingerprint density at radius 3 is 1.11 bits per heavy atom. The quantitative estimate of drug-likeness (QED) is 0.497. The Labute approximate surface area is 82.5 Å². The van der Waals surface area contributed by atoms with E-state index >= 15 is 0 Å². The van der Waals surface area contributed by atoms with Gasteiger partial charge in [-0.25, -0.2) is 0 Å². The Morgan fingerprint density at radius 1 is 1.11 bits per heavy atom. The molecule has 0 saturated carbocycles. The number of carboxylic acid groups (broad SMARTS) is 1. The molecule has 7 heteroatoms. The van der Waals surface area contributed by atoms with Crippen LogP contribution in [0.3, 0.4) is 0 Å². The molecule has 0 rings (SSSR count). The summed E-state index contributed by atoms with van der Waals surface area (Å²) in [6.07, 6.45) is 0. The van der Waals surface area contributed by atoms with Crippen LogP contribution >= 0.6 is 0 Å². The van der Waals surface area contributed by atoms with E-state index in [0.717, 1.165) is 6.92 Å². The molecule has 0 aliphatic rings. The minimum atomic E-state index is -0.833. The number of hydrogen-bond donors (Lipinski definition) is 1. The molecule has 0 aromatic heterocycles. The normalized spacial score (nSPS) is 2.78. The van der Waals surface area contributed by atoms with Gasteiger partial charge in [-0.1, -0.05) is 0 Å². The maximum Gasteiger partial charge on any atom is 0.300 e. The van der Waals surface area contributed by atoms with Gasteiger partial charge in [0, 0.05) is 45.1 Å². The van der Waals surface area contributed by atoms with Crippen LogP contribution in [0.1, 0.15) is 6.92 Å². The first kappa shape index (κ1) is 55.0. The molecule has 6 nitrogen and oxygen atoms in total. The molecule has 0 amide bonds. The molecular weight excluding hydrogens is 283 g/mol. The van der Waals surface area contributed by atoms with Crippen LogP contribution in [0.4, 0.5) is 0 Å². The van der Waals surface area contributed by atoms with Gasteiger partial charge >= 0.3 is 0 Å². The molecule has 66 valence electrons. The fourth-order valence-corrected chi connectivity index (χ4v) is 0. The van der Waals surface area contributed by atoms with Gasteiger partial charge in [-0.05, 0) is 0 Å². The van der Waals surface area contributed by atoms with Gasteiger partial charge in [0.15, 0.2) is 0 Å². The Hall–Kier alpha value is 0.583. The van der Waals surface area contributed by atoms with Crippen molar-refractivity contribution < 1.29 is 70.0 Å². The van der Waals surface area contributed by atoms with Gasteiger partial charge in [0.05, 0.1) is 0 Å². The van der Waals surface area contributed by atoms with E-state index in [1.165, 1.54) is 0 Å². The summed E-state index contributed by atoms with van der Waals surface area (Å²) < 4.78 is 0. The van der Waals surface area contributed by atoms with Gasteiger partial charge in [-0.15, -0.1) is 0 Å². The minimum absolute atomic E-state index is 0. The first-order valence-corrected chi connectivity index (χ1v) is 0.928. The fourth-order valence-electron chi connectivity index (χ4n) is 0. The summed E-state index contributed by atoms with van der Waals surface area (Å²) >= 11 is 0. The molecule has 0 aliphatic carbocycles. The SMILES string of the molecule is CC(=O)O.O.O.O.O.[Dy]. The summed E-state index contributed by atoms with van der Waals surface area (Å²) in [4.78, 5) is 9.00. The van der Waals surface area contributed by atoms with E-state index in [1.54, 1.807) is 0 Å². The van der Waals surface area contributed by atoms with Crippen molar-refractivity contribution in [2.75, 3.05) is 0 Å². The molecule has 0 aromatic carbocycles. The second-order valence-electron chi connectivity index (χ2n) is 0.519. The monoisotopic (exact) mass is 296 g/mol. The van der Waals surface area contributed by atoms with Crippen LogP contribution in [-0.4, -0.2) is 33.0 Å². The number of aliphatic carboxylic acids is 1. The summed E-state index contributed by atoms with van der Waals surface area (Å²) in [5, 5.41) is 7.42. The van der Waals surface area contributed by atoms with Crippen LogP contribution in [0.2, 0.25) is 0 Å². The molecule has 0 unspecified atom stereocenters. The molecule has 0 bridgehead atoms. The van der Waals surface area contributed by atoms with E-state index in [-0.39, 0.29) is 60.1 Å². The van der Waals surface area contributed by atoms with Gasteiger partial charge in [0.25, 0.3) is 5.97 Å². The largest absolute Gasteiger partial charge is 0.481 e. The van der Waals surface area contributed by atoms with Crippen molar-refractivity contribution in [1.29, 1.82) is 0 Å². The van der Waals surface area contributed by atoms with Crippen molar-refractivity contribution in [2.24, 2.45) is 0 Å². The van der Waals surface area contributed by atoms with Crippen LogP contribution in [0.25, 0.3) is 0 Å². The summed E-state index contributed by atoms with van der Waals surface area (Å²) in [6, 6.07) is 0. The van der Waals surface area contributed by atoms with E-state index < -0.39 is 5.97 Å². The summed E-state index contributed by atoms with van der Waals surface area (Å²) in [7, 11) is 0. The third-order valence-corrected chi connectivity index (χ3v) is 0. The topological polar surface area (TPSA) is 163 Å². The predicted molar refractivity (Wildman–Crippen MR) is 27.8 cm³/mol. The van der Waals surface area contributed by atoms with E-state index in [9.17, 15) is 0 Å². The van der Waals surface area contributed by atoms with Gasteiger partial charge in [-0.2, -0.15) is 0 Å². The van der Waals surface area contributed by atoms with Gasteiger partial charge in [0.1, 0.15) is 0 Å². The number of carbonyl (C=O) groups is 1. The molecule has 0 saturated heterocycles. The Balaban J connectivity index is -0.00000000450. The zero-order chi connectivity index (χ0) is 3.58. The second-order valence-corrected chi connectivity index (χ2v) is 0.519. The average molecular weight is 295 g/mol. The molecule has 9 N–H and O–H groups in total. The molecule has 0 atom stereocenters. The van der Waals surface area contributed by atoms with Crippen molar-refractivity contribution >= 4 is 5.97 Å². The third-order valence-electron chi connectivity index (χ3n) is 0. The number of carboxylic acids is 1. The Bertz CT molecular complexity index is 34.0. The van der Waals surface area contributed by atoms with E-state index in [2.05, 4.69) is 0 Å². The zero-order valence-corrected chi connectivity index (χ0v) is 6.70. The molecule has 0 aliphatic heterocycles. The van der Waals surface area contributed by atoms with Gasteiger partial charge in [-0.3, -0.25) is 4.79 Å². The van der Waals surface area contributed by atoms with Crippen LogP contribution < -0.4 is 0 Å². The van der Waals surface area contributed by atoms with Crippen molar-refractivity contribution in [3.8, 4) is 0 Å². The fraction of sp³-hybridized carbons (Fsp3) is 0.500. The van der Waals surface area contributed by atoms with Crippen molar-refractivity contribution in [1.82, 2.24) is 0 Å².